The van der Waals surface area contributed by atoms with Crippen LogP contribution in [-0.4, -0.2) is 47.4 Å². The Morgan fingerprint density at radius 3 is 2.82 bits per heavy atom. The number of pyridine rings is 1. The van der Waals surface area contributed by atoms with Gasteiger partial charge >= 0.3 is 6.09 Å². The largest absolute Gasteiger partial charge is 0.489 e. The minimum atomic E-state index is -0.621. The van der Waals surface area contributed by atoms with Gasteiger partial charge in [0.25, 0.3) is 0 Å². The van der Waals surface area contributed by atoms with Gasteiger partial charge in [0.05, 0.1) is 24.0 Å². The van der Waals surface area contributed by atoms with Gasteiger partial charge in [0.2, 0.25) is 5.91 Å². The second kappa shape index (κ2) is 7.12. The van der Waals surface area contributed by atoms with Gasteiger partial charge in [-0.2, -0.15) is 0 Å². The number of cyclic esters (lactones) is 1. The Bertz CT molecular complexity index is 913. The molecule has 2 amide bonds. The Hall–Kier alpha value is -3.13. The van der Waals surface area contributed by atoms with Crippen molar-refractivity contribution in [1.29, 1.82) is 0 Å². The zero-order valence-electron chi connectivity index (χ0n) is 15.6. The lowest BCUT2D eigenvalue weighted by atomic mass is 10.0. The van der Waals surface area contributed by atoms with Gasteiger partial charge in [-0.1, -0.05) is 12.1 Å². The van der Waals surface area contributed by atoms with Gasteiger partial charge in [-0.05, 0) is 30.7 Å². The molecule has 2 aromatic rings. The molecule has 0 radical (unpaired) electrons. The number of anilines is 1. The smallest absolute Gasteiger partial charge is 0.415 e. The van der Waals surface area contributed by atoms with E-state index in [-0.39, 0.29) is 25.1 Å². The molecule has 0 saturated carbocycles. The summed E-state index contributed by atoms with van der Waals surface area (Å²) in [6, 6.07) is 8.94. The van der Waals surface area contributed by atoms with Crippen molar-refractivity contribution in [1.82, 2.24) is 10.3 Å². The molecule has 3 atom stereocenters. The highest BCUT2D eigenvalue weighted by molar-refractivity contribution is 5.94. The van der Waals surface area contributed by atoms with Crippen LogP contribution < -0.4 is 15.0 Å². The summed E-state index contributed by atoms with van der Waals surface area (Å²) in [5.74, 6) is 0.414. The molecule has 2 N–H and O–H groups in total. The monoisotopic (exact) mass is 383 g/mol. The van der Waals surface area contributed by atoms with E-state index in [2.05, 4.69) is 10.3 Å². The molecule has 3 heterocycles. The highest BCUT2D eigenvalue weighted by Crippen LogP contribution is 2.40. The second-order valence-electron chi connectivity index (χ2n) is 6.94. The molecule has 3 unspecified atom stereocenters. The number of hydrogen-bond donors (Lipinski definition) is 2. The number of carbonyl (C=O) groups excluding carboxylic acids is 2. The summed E-state index contributed by atoms with van der Waals surface area (Å²) in [5, 5.41) is 12.3. The molecule has 2 aliphatic heterocycles. The third-order valence-corrected chi connectivity index (χ3v) is 4.94. The lowest BCUT2D eigenvalue weighted by Crippen LogP contribution is -2.47. The molecule has 1 aromatic carbocycles. The quantitative estimate of drug-likeness (QED) is 0.838. The van der Waals surface area contributed by atoms with E-state index in [1.54, 1.807) is 24.1 Å². The zero-order valence-corrected chi connectivity index (χ0v) is 15.6. The summed E-state index contributed by atoms with van der Waals surface area (Å²) in [6.45, 7) is 3.62. The molecular weight excluding hydrogens is 362 g/mol. The molecule has 0 aliphatic carbocycles. The van der Waals surface area contributed by atoms with Gasteiger partial charge < -0.3 is 19.9 Å². The van der Waals surface area contributed by atoms with Gasteiger partial charge in [0.1, 0.15) is 24.5 Å². The summed E-state index contributed by atoms with van der Waals surface area (Å²) in [6.07, 6.45) is 0.176. The average Bonchev–Trinajstić information content (AvgIpc) is 3.02. The Morgan fingerprint density at radius 1 is 1.36 bits per heavy atom. The highest BCUT2D eigenvalue weighted by Gasteiger charge is 2.46. The van der Waals surface area contributed by atoms with Gasteiger partial charge in [-0.25, -0.2) is 4.79 Å². The molecule has 28 heavy (non-hydrogen) atoms. The van der Waals surface area contributed by atoms with Crippen molar-refractivity contribution >= 4 is 17.7 Å². The first-order chi connectivity index (χ1) is 13.4. The Morgan fingerprint density at radius 2 is 2.14 bits per heavy atom. The van der Waals surface area contributed by atoms with Crippen molar-refractivity contribution in [3.05, 3.63) is 42.2 Å². The molecule has 1 fully saturated rings. The maximum absolute atomic E-state index is 12.4. The fourth-order valence-corrected chi connectivity index (χ4v) is 3.45. The number of ether oxygens (including phenoxy) is 2. The van der Waals surface area contributed by atoms with Crippen LogP contribution >= 0.6 is 0 Å². The molecule has 1 saturated heterocycles. The van der Waals surface area contributed by atoms with Crippen LogP contribution in [0.2, 0.25) is 0 Å². The van der Waals surface area contributed by atoms with Gasteiger partial charge in [-0.15, -0.1) is 0 Å². The van der Waals surface area contributed by atoms with Crippen molar-refractivity contribution in [3.63, 3.8) is 0 Å². The Kier molecular flexibility index (Phi) is 4.64. The summed E-state index contributed by atoms with van der Waals surface area (Å²) >= 11 is 0. The van der Waals surface area contributed by atoms with E-state index in [9.17, 15) is 14.7 Å². The number of carbonyl (C=O) groups is 2. The van der Waals surface area contributed by atoms with E-state index in [0.717, 1.165) is 11.1 Å². The van der Waals surface area contributed by atoms with E-state index >= 15 is 0 Å². The minimum Gasteiger partial charge on any atom is -0.489 e. The molecule has 0 spiro atoms. The van der Waals surface area contributed by atoms with E-state index in [4.69, 9.17) is 9.47 Å². The molecule has 0 bridgehead atoms. The van der Waals surface area contributed by atoms with Gasteiger partial charge in [0.15, 0.2) is 0 Å². The van der Waals surface area contributed by atoms with Crippen LogP contribution in [0.5, 0.6) is 5.75 Å². The number of nitrogens with zero attached hydrogens (tertiary/aromatic N) is 2. The van der Waals surface area contributed by atoms with Gasteiger partial charge in [0, 0.05) is 18.7 Å². The Balaban J connectivity index is 1.58. The number of benzene rings is 1. The van der Waals surface area contributed by atoms with Crippen molar-refractivity contribution < 1.29 is 24.2 Å². The van der Waals surface area contributed by atoms with Crippen LogP contribution in [0.15, 0.2) is 36.5 Å². The summed E-state index contributed by atoms with van der Waals surface area (Å²) in [7, 11) is 0. The fourth-order valence-electron chi connectivity index (χ4n) is 3.45. The summed E-state index contributed by atoms with van der Waals surface area (Å²) < 4.78 is 11.3. The predicted molar refractivity (Wildman–Crippen MR) is 101 cm³/mol. The average molecular weight is 383 g/mol. The third kappa shape index (κ3) is 3.27. The number of hydrogen-bond acceptors (Lipinski definition) is 6. The summed E-state index contributed by atoms with van der Waals surface area (Å²) in [4.78, 5) is 29.4. The van der Waals surface area contributed by atoms with Crippen molar-refractivity contribution in [2.24, 2.45) is 0 Å². The van der Waals surface area contributed by atoms with Crippen molar-refractivity contribution in [3.8, 4) is 16.9 Å². The van der Waals surface area contributed by atoms with Crippen molar-refractivity contribution in [2.75, 3.05) is 18.1 Å². The lowest BCUT2D eigenvalue weighted by molar-refractivity contribution is -0.119. The highest BCUT2D eigenvalue weighted by atomic mass is 16.6. The molecule has 1 aromatic heterocycles. The molecule has 146 valence electrons. The topological polar surface area (TPSA) is 101 Å². The van der Waals surface area contributed by atoms with Crippen LogP contribution in [0.25, 0.3) is 11.1 Å². The van der Waals surface area contributed by atoms with Gasteiger partial charge in [-0.3, -0.25) is 14.7 Å². The zero-order chi connectivity index (χ0) is 19.8. The van der Waals surface area contributed by atoms with Crippen LogP contribution in [0, 0.1) is 0 Å². The van der Waals surface area contributed by atoms with Crippen LogP contribution in [0.3, 0.4) is 0 Å². The normalized spacial score (nSPS) is 21.2. The Labute approximate surface area is 162 Å². The first-order valence-corrected chi connectivity index (χ1v) is 9.09. The molecule has 8 heteroatoms. The standard InChI is InChI=1S/C20H21N3O5/c1-11(24)15-5-3-14(8-22-15)13-4-6-16-18(7-13)27-10-17-19(9-21-12(2)25)28-20(26)23(16)17/h3-8,11,17,19,24H,9-10H2,1-2H3,(H,21,25). The fraction of sp³-hybridized carbons (Fsp3) is 0.350. The third-order valence-electron chi connectivity index (χ3n) is 4.94. The number of amides is 2. The number of aliphatic hydroxyl groups is 1. The number of nitrogens with one attached hydrogen (secondary N) is 1. The molecule has 4 rings (SSSR count). The van der Waals surface area contributed by atoms with Crippen LogP contribution in [0.4, 0.5) is 10.5 Å². The lowest BCUT2D eigenvalue weighted by Gasteiger charge is -2.31. The SMILES string of the molecule is CC(=O)NCC1OC(=O)N2c3ccc(-c4ccc(C(C)O)nc4)cc3OCC12. The maximum Gasteiger partial charge on any atom is 0.415 e. The number of fused-ring (bicyclic) bond motifs is 3. The number of rotatable bonds is 4. The first kappa shape index (κ1) is 18.2. The number of aromatic nitrogens is 1. The van der Waals surface area contributed by atoms with Crippen LogP contribution in [-0.2, 0) is 9.53 Å². The molecule has 8 nitrogen and oxygen atoms in total. The van der Waals surface area contributed by atoms with E-state index in [1.807, 2.05) is 24.3 Å². The minimum absolute atomic E-state index is 0.175. The predicted octanol–water partition coefficient (Wildman–Crippen LogP) is 2.02. The van der Waals surface area contributed by atoms with E-state index in [1.165, 1.54) is 6.92 Å². The maximum atomic E-state index is 12.4. The molecule has 2 aliphatic rings. The summed E-state index contributed by atoms with van der Waals surface area (Å²) in [5.41, 5.74) is 3.02. The number of aliphatic hydroxyl groups excluding tert-OH is 1. The van der Waals surface area contributed by atoms with E-state index in [0.29, 0.717) is 17.1 Å². The first-order valence-electron chi connectivity index (χ1n) is 9.09. The van der Waals surface area contributed by atoms with Crippen LogP contribution in [0.1, 0.15) is 25.6 Å². The van der Waals surface area contributed by atoms with Crippen molar-refractivity contribution in [2.45, 2.75) is 32.1 Å². The second-order valence-corrected chi connectivity index (χ2v) is 6.94. The van der Waals surface area contributed by atoms with E-state index < -0.39 is 18.3 Å². The molecular formula is C20H21N3O5.